The number of alkyl halides is 6. The Morgan fingerprint density at radius 1 is 1.00 bits per heavy atom. The van der Waals surface area contributed by atoms with E-state index < -0.39 is 45.8 Å². The fraction of sp³-hybridized carbons (Fsp3) is 0.368. The summed E-state index contributed by atoms with van der Waals surface area (Å²) in [5, 5.41) is 0. The highest BCUT2D eigenvalue weighted by Gasteiger charge is 2.76. The largest absolute Gasteiger partial charge is 0.457 e. The van der Waals surface area contributed by atoms with E-state index in [0.717, 1.165) is 37.3 Å². The van der Waals surface area contributed by atoms with Gasteiger partial charge in [0.05, 0.1) is 0 Å². The minimum atomic E-state index is -5.63. The van der Waals surface area contributed by atoms with Gasteiger partial charge in [0.2, 0.25) is 5.41 Å². The summed E-state index contributed by atoms with van der Waals surface area (Å²) in [6.07, 6.45) is -3.58. The molecule has 0 aromatic heterocycles. The number of allylic oxidation sites excluding steroid dienone is 9. The molecular weight excluding hydrogens is 358 g/mol. The first kappa shape index (κ1) is 20.1. The SMILES string of the molecule is C=C/C=C1/OC2=C(C=CC(C)(C)C=C2)C(C(F)(F)F)(C(F)(F)F)/C1=C/C. The Morgan fingerprint density at radius 2 is 1.54 bits per heavy atom. The highest BCUT2D eigenvalue weighted by Crippen LogP contribution is 2.64. The maximum Gasteiger partial charge on any atom is 0.411 e. The van der Waals surface area contributed by atoms with Crippen LogP contribution in [0.1, 0.15) is 20.8 Å². The maximum absolute atomic E-state index is 14.1. The molecule has 0 amide bonds. The quantitative estimate of drug-likeness (QED) is 0.472. The van der Waals surface area contributed by atoms with E-state index in [9.17, 15) is 26.3 Å². The Labute approximate surface area is 147 Å². The molecule has 0 aromatic carbocycles. The first-order valence-corrected chi connectivity index (χ1v) is 7.76. The lowest BCUT2D eigenvalue weighted by atomic mass is 9.69. The van der Waals surface area contributed by atoms with Crippen LogP contribution in [0.15, 0.2) is 71.8 Å². The first-order chi connectivity index (χ1) is 11.8. The zero-order valence-corrected chi connectivity index (χ0v) is 14.4. The zero-order chi connectivity index (χ0) is 20.0. The molecule has 0 saturated carbocycles. The summed E-state index contributed by atoms with van der Waals surface area (Å²) in [6, 6.07) is 0. The van der Waals surface area contributed by atoms with Crippen LogP contribution in [0, 0.1) is 10.8 Å². The Morgan fingerprint density at radius 3 is 2.00 bits per heavy atom. The molecule has 0 bridgehead atoms. The summed E-state index contributed by atoms with van der Waals surface area (Å²) < 4.78 is 89.9. The lowest BCUT2D eigenvalue weighted by Gasteiger charge is -2.44. The molecule has 7 heteroatoms. The number of rotatable bonds is 1. The third-order valence-electron chi connectivity index (χ3n) is 4.31. The van der Waals surface area contributed by atoms with Crippen molar-refractivity contribution in [2.45, 2.75) is 33.1 Å². The summed E-state index contributed by atoms with van der Waals surface area (Å²) in [4.78, 5) is 0. The van der Waals surface area contributed by atoms with Gasteiger partial charge >= 0.3 is 12.4 Å². The molecule has 0 aromatic rings. The van der Waals surface area contributed by atoms with Crippen molar-refractivity contribution < 1.29 is 31.1 Å². The summed E-state index contributed by atoms with van der Waals surface area (Å²) in [6.45, 7) is 7.80. The van der Waals surface area contributed by atoms with E-state index in [1.807, 2.05) is 0 Å². The number of halogens is 6. The van der Waals surface area contributed by atoms with Crippen LogP contribution in [0.4, 0.5) is 26.3 Å². The molecule has 26 heavy (non-hydrogen) atoms. The predicted molar refractivity (Wildman–Crippen MR) is 86.8 cm³/mol. The van der Waals surface area contributed by atoms with E-state index >= 15 is 0 Å². The fourth-order valence-corrected chi connectivity index (χ4v) is 3.08. The van der Waals surface area contributed by atoms with Gasteiger partial charge in [0.1, 0.15) is 11.5 Å². The number of ether oxygens (including phenoxy) is 1. The number of hydrogen-bond acceptors (Lipinski definition) is 1. The van der Waals surface area contributed by atoms with Gasteiger partial charge in [0.15, 0.2) is 0 Å². The highest BCUT2D eigenvalue weighted by molar-refractivity contribution is 5.56. The van der Waals surface area contributed by atoms with E-state index in [4.69, 9.17) is 4.74 Å². The van der Waals surface area contributed by atoms with Gasteiger partial charge in [0, 0.05) is 16.6 Å². The van der Waals surface area contributed by atoms with E-state index in [2.05, 4.69) is 6.58 Å². The van der Waals surface area contributed by atoms with Gasteiger partial charge in [-0.3, -0.25) is 0 Å². The fourth-order valence-electron chi connectivity index (χ4n) is 3.08. The molecule has 2 aliphatic rings. The predicted octanol–water partition coefficient (Wildman–Crippen LogP) is 6.55. The van der Waals surface area contributed by atoms with Crippen LogP contribution in [0.25, 0.3) is 0 Å². The molecule has 0 atom stereocenters. The minimum absolute atomic E-state index is 0.486. The van der Waals surface area contributed by atoms with Crippen molar-refractivity contribution in [3.05, 3.63) is 71.8 Å². The van der Waals surface area contributed by atoms with Crippen molar-refractivity contribution >= 4 is 0 Å². The molecule has 1 aliphatic carbocycles. The molecule has 0 saturated heterocycles. The topological polar surface area (TPSA) is 9.23 Å². The molecule has 0 spiro atoms. The van der Waals surface area contributed by atoms with E-state index in [0.29, 0.717) is 0 Å². The first-order valence-electron chi connectivity index (χ1n) is 7.76. The monoisotopic (exact) mass is 376 g/mol. The van der Waals surface area contributed by atoms with Gasteiger partial charge in [-0.1, -0.05) is 50.8 Å². The van der Waals surface area contributed by atoms with Crippen molar-refractivity contribution in [2.75, 3.05) is 0 Å². The standard InChI is InChI=1S/C19H18F6O/c1-5-7-14-12(6-2)17(18(20,21)22,19(23,24)25)13-8-10-16(3,4)11-9-15(13)26-14/h5-11H,1H2,2-4H3/b12-6+,14-7+. The van der Waals surface area contributed by atoms with Crippen LogP contribution in [0.3, 0.4) is 0 Å². The summed E-state index contributed by atoms with van der Waals surface area (Å²) in [5.74, 6) is -1.02. The van der Waals surface area contributed by atoms with Crippen molar-refractivity contribution in [1.82, 2.24) is 0 Å². The average Bonchev–Trinajstić information content (AvgIpc) is 2.63. The molecule has 0 radical (unpaired) electrons. The second kappa shape index (κ2) is 6.21. The van der Waals surface area contributed by atoms with E-state index in [1.54, 1.807) is 13.8 Å². The van der Waals surface area contributed by atoms with Crippen LogP contribution < -0.4 is 0 Å². The van der Waals surface area contributed by atoms with Crippen LogP contribution in [-0.4, -0.2) is 12.4 Å². The normalized spacial score (nSPS) is 25.1. The van der Waals surface area contributed by atoms with E-state index in [1.165, 1.54) is 12.2 Å². The molecular formula is C19H18F6O. The zero-order valence-electron chi connectivity index (χ0n) is 14.4. The van der Waals surface area contributed by atoms with Gasteiger partial charge in [-0.25, -0.2) is 0 Å². The Balaban J connectivity index is 3.01. The average molecular weight is 376 g/mol. The van der Waals surface area contributed by atoms with Crippen LogP contribution in [0.5, 0.6) is 0 Å². The van der Waals surface area contributed by atoms with Crippen molar-refractivity contribution in [2.24, 2.45) is 10.8 Å². The molecule has 142 valence electrons. The third kappa shape index (κ3) is 2.93. The smallest absolute Gasteiger partial charge is 0.411 e. The van der Waals surface area contributed by atoms with Crippen molar-refractivity contribution in [1.29, 1.82) is 0 Å². The molecule has 2 rings (SSSR count). The highest BCUT2D eigenvalue weighted by atomic mass is 19.4. The van der Waals surface area contributed by atoms with Gasteiger partial charge < -0.3 is 4.74 Å². The van der Waals surface area contributed by atoms with Crippen LogP contribution >= 0.6 is 0 Å². The molecule has 0 N–H and O–H groups in total. The van der Waals surface area contributed by atoms with Crippen molar-refractivity contribution in [3.63, 3.8) is 0 Å². The number of hydrogen-bond donors (Lipinski definition) is 0. The molecule has 1 nitrogen and oxygen atoms in total. The lowest BCUT2D eigenvalue weighted by Crippen LogP contribution is -2.54. The molecule has 0 unspecified atom stereocenters. The third-order valence-corrected chi connectivity index (χ3v) is 4.31. The second-order valence-corrected chi connectivity index (χ2v) is 6.58. The second-order valence-electron chi connectivity index (χ2n) is 6.58. The van der Waals surface area contributed by atoms with Crippen LogP contribution in [-0.2, 0) is 4.74 Å². The molecule has 1 heterocycles. The minimum Gasteiger partial charge on any atom is -0.457 e. The Hall–Kier alpha value is -2.18. The van der Waals surface area contributed by atoms with E-state index in [-0.39, 0.29) is 0 Å². The summed E-state index contributed by atoms with van der Waals surface area (Å²) in [7, 11) is 0. The summed E-state index contributed by atoms with van der Waals surface area (Å²) >= 11 is 0. The molecule has 0 fully saturated rings. The van der Waals surface area contributed by atoms with Gasteiger partial charge in [-0.15, -0.1) is 0 Å². The molecule has 1 aliphatic heterocycles. The summed E-state index contributed by atoms with van der Waals surface area (Å²) in [5.41, 5.74) is -6.91. The van der Waals surface area contributed by atoms with Crippen molar-refractivity contribution in [3.8, 4) is 0 Å². The van der Waals surface area contributed by atoms with Gasteiger partial charge in [0.25, 0.3) is 0 Å². The Kier molecular flexibility index (Phi) is 4.81. The van der Waals surface area contributed by atoms with Gasteiger partial charge in [-0.2, -0.15) is 26.3 Å². The lowest BCUT2D eigenvalue weighted by molar-refractivity contribution is -0.312. The van der Waals surface area contributed by atoms with Crippen LogP contribution in [0.2, 0.25) is 0 Å². The maximum atomic E-state index is 14.1. The van der Waals surface area contributed by atoms with Gasteiger partial charge in [-0.05, 0) is 19.1 Å². The Bertz CT molecular complexity index is 740.